The SMILES string of the molecule is Cc1n[nH]c(C)c1S(=O)(=O)Nc1ccc(C#N)cc1. The molecule has 0 aliphatic rings. The van der Waals surface area contributed by atoms with Gasteiger partial charge in [-0.3, -0.25) is 9.82 Å². The molecule has 0 radical (unpaired) electrons. The zero-order valence-electron chi connectivity index (χ0n) is 10.4. The Hall–Kier alpha value is -2.33. The molecule has 1 aromatic carbocycles. The number of H-pyrrole nitrogens is 1. The van der Waals surface area contributed by atoms with Gasteiger partial charge in [-0.2, -0.15) is 10.4 Å². The first-order valence-electron chi connectivity index (χ1n) is 5.48. The van der Waals surface area contributed by atoms with Crippen molar-refractivity contribution in [3.8, 4) is 6.07 Å². The lowest BCUT2D eigenvalue weighted by Gasteiger charge is -2.08. The summed E-state index contributed by atoms with van der Waals surface area (Å²) >= 11 is 0. The topological polar surface area (TPSA) is 98.6 Å². The van der Waals surface area contributed by atoms with Crippen LogP contribution in [0.4, 0.5) is 5.69 Å². The van der Waals surface area contributed by atoms with Crippen LogP contribution in [0.25, 0.3) is 0 Å². The summed E-state index contributed by atoms with van der Waals surface area (Å²) in [5, 5.41) is 15.2. The van der Waals surface area contributed by atoms with Crippen LogP contribution in [0.2, 0.25) is 0 Å². The summed E-state index contributed by atoms with van der Waals surface area (Å²) in [6, 6.07) is 8.15. The lowest BCUT2D eigenvalue weighted by atomic mass is 10.2. The number of aromatic nitrogens is 2. The van der Waals surface area contributed by atoms with Crippen molar-refractivity contribution in [1.29, 1.82) is 5.26 Å². The van der Waals surface area contributed by atoms with Gasteiger partial charge in [0.25, 0.3) is 10.0 Å². The Morgan fingerprint density at radius 1 is 1.26 bits per heavy atom. The molecule has 0 aliphatic heterocycles. The second-order valence-electron chi connectivity index (χ2n) is 4.06. The predicted molar refractivity (Wildman–Crippen MR) is 70.0 cm³/mol. The highest BCUT2D eigenvalue weighted by atomic mass is 32.2. The van der Waals surface area contributed by atoms with Gasteiger partial charge in [0.1, 0.15) is 4.90 Å². The predicted octanol–water partition coefficient (Wildman–Crippen LogP) is 1.70. The van der Waals surface area contributed by atoms with Gasteiger partial charge in [0.05, 0.1) is 23.0 Å². The number of nitriles is 1. The zero-order chi connectivity index (χ0) is 14.0. The first kappa shape index (κ1) is 13.1. The highest BCUT2D eigenvalue weighted by Gasteiger charge is 2.22. The van der Waals surface area contributed by atoms with Gasteiger partial charge in [-0.25, -0.2) is 8.42 Å². The first-order chi connectivity index (χ1) is 8.94. The molecule has 1 heterocycles. The Labute approximate surface area is 111 Å². The van der Waals surface area contributed by atoms with Gasteiger partial charge < -0.3 is 0 Å². The lowest BCUT2D eigenvalue weighted by Crippen LogP contribution is -2.14. The molecule has 0 bridgehead atoms. The van der Waals surface area contributed by atoms with E-state index in [1.807, 2.05) is 6.07 Å². The van der Waals surface area contributed by atoms with Crippen LogP contribution in [-0.4, -0.2) is 18.6 Å². The average Bonchev–Trinajstić information content (AvgIpc) is 2.70. The molecule has 0 spiro atoms. The van der Waals surface area contributed by atoms with Gasteiger partial charge in [0, 0.05) is 5.69 Å². The smallest absolute Gasteiger partial charge is 0.265 e. The molecule has 2 rings (SSSR count). The van der Waals surface area contributed by atoms with Crippen molar-refractivity contribution in [1.82, 2.24) is 10.2 Å². The standard InChI is InChI=1S/C12H12N4O2S/c1-8-12(9(2)15-14-8)19(17,18)16-11-5-3-10(7-13)4-6-11/h3-6,16H,1-2H3,(H,14,15). The lowest BCUT2D eigenvalue weighted by molar-refractivity contribution is 0.600. The van der Waals surface area contributed by atoms with Crippen molar-refractivity contribution in [3.63, 3.8) is 0 Å². The van der Waals surface area contributed by atoms with E-state index in [9.17, 15) is 8.42 Å². The van der Waals surface area contributed by atoms with Crippen molar-refractivity contribution in [2.45, 2.75) is 18.7 Å². The van der Waals surface area contributed by atoms with E-state index in [0.29, 0.717) is 22.6 Å². The molecule has 0 saturated heterocycles. The fourth-order valence-corrected chi connectivity index (χ4v) is 3.19. The van der Waals surface area contributed by atoms with Gasteiger partial charge in [0.2, 0.25) is 0 Å². The number of anilines is 1. The summed E-state index contributed by atoms with van der Waals surface area (Å²) in [7, 11) is -3.68. The molecule has 2 N–H and O–H groups in total. The summed E-state index contributed by atoms with van der Waals surface area (Å²) in [6.07, 6.45) is 0. The third-order valence-corrected chi connectivity index (χ3v) is 4.24. The van der Waals surface area contributed by atoms with Crippen LogP contribution in [-0.2, 0) is 10.0 Å². The molecule has 0 saturated carbocycles. The van der Waals surface area contributed by atoms with Gasteiger partial charge in [-0.05, 0) is 38.1 Å². The Morgan fingerprint density at radius 2 is 1.89 bits per heavy atom. The Bertz CT molecular complexity index is 720. The molecule has 7 heteroatoms. The maximum Gasteiger partial charge on any atom is 0.265 e. The molecule has 0 aliphatic carbocycles. The highest BCUT2D eigenvalue weighted by molar-refractivity contribution is 7.92. The minimum atomic E-state index is -3.68. The molecular weight excluding hydrogens is 264 g/mol. The van der Waals surface area contributed by atoms with Crippen LogP contribution in [0.3, 0.4) is 0 Å². The number of nitrogens with zero attached hydrogens (tertiary/aromatic N) is 2. The summed E-state index contributed by atoms with van der Waals surface area (Å²) in [6.45, 7) is 3.27. The fourth-order valence-electron chi connectivity index (χ4n) is 1.76. The maximum absolute atomic E-state index is 12.2. The molecule has 19 heavy (non-hydrogen) atoms. The van der Waals surface area contributed by atoms with Crippen molar-refractivity contribution in [2.24, 2.45) is 0 Å². The number of sulfonamides is 1. The number of rotatable bonds is 3. The van der Waals surface area contributed by atoms with E-state index < -0.39 is 10.0 Å². The Kier molecular flexibility index (Phi) is 3.27. The number of hydrogen-bond acceptors (Lipinski definition) is 4. The monoisotopic (exact) mass is 276 g/mol. The van der Waals surface area contributed by atoms with Crippen LogP contribution < -0.4 is 4.72 Å². The molecule has 0 amide bonds. The number of aromatic amines is 1. The van der Waals surface area contributed by atoms with Gasteiger partial charge in [-0.15, -0.1) is 0 Å². The summed E-state index contributed by atoms with van der Waals surface area (Å²) in [4.78, 5) is 0.150. The van der Waals surface area contributed by atoms with Crippen LogP contribution in [0, 0.1) is 25.2 Å². The number of hydrogen-bond donors (Lipinski definition) is 2. The maximum atomic E-state index is 12.2. The molecule has 98 valence electrons. The molecule has 0 atom stereocenters. The van der Waals surface area contributed by atoms with E-state index in [4.69, 9.17) is 5.26 Å². The second kappa shape index (κ2) is 4.74. The normalized spacial score (nSPS) is 11.0. The first-order valence-corrected chi connectivity index (χ1v) is 6.97. The van der Waals surface area contributed by atoms with E-state index in [2.05, 4.69) is 14.9 Å². The van der Waals surface area contributed by atoms with Crippen molar-refractivity contribution < 1.29 is 8.42 Å². The van der Waals surface area contributed by atoms with Gasteiger partial charge in [-0.1, -0.05) is 0 Å². The fraction of sp³-hybridized carbons (Fsp3) is 0.167. The average molecular weight is 276 g/mol. The second-order valence-corrected chi connectivity index (χ2v) is 5.68. The van der Waals surface area contributed by atoms with E-state index in [0.717, 1.165) is 0 Å². The van der Waals surface area contributed by atoms with E-state index in [-0.39, 0.29) is 4.90 Å². The van der Waals surface area contributed by atoms with Crippen molar-refractivity contribution in [2.75, 3.05) is 4.72 Å². The van der Waals surface area contributed by atoms with Crippen molar-refractivity contribution >= 4 is 15.7 Å². The Morgan fingerprint density at radius 3 is 2.37 bits per heavy atom. The third kappa shape index (κ3) is 2.58. The number of aryl methyl sites for hydroxylation is 2. The van der Waals surface area contributed by atoms with Crippen molar-refractivity contribution in [3.05, 3.63) is 41.2 Å². The minimum absolute atomic E-state index is 0.150. The number of benzene rings is 1. The number of nitrogens with one attached hydrogen (secondary N) is 2. The van der Waals surface area contributed by atoms with Crippen LogP contribution in [0.1, 0.15) is 17.0 Å². The molecular formula is C12H12N4O2S. The largest absolute Gasteiger partial charge is 0.281 e. The summed E-state index contributed by atoms with van der Waals surface area (Å²) in [5.41, 5.74) is 1.77. The molecule has 0 unspecified atom stereocenters. The van der Waals surface area contributed by atoms with E-state index in [1.165, 1.54) is 0 Å². The molecule has 1 aromatic heterocycles. The third-order valence-electron chi connectivity index (χ3n) is 2.60. The minimum Gasteiger partial charge on any atom is -0.281 e. The molecule has 6 nitrogen and oxygen atoms in total. The van der Waals surface area contributed by atoms with Crippen LogP contribution >= 0.6 is 0 Å². The molecule has 2 aromatic rings. The van der Waals surface area contributed by atoms with Crippen LogP contribution in [0.5, 0.6) is 0 Å². The van der Waals surface area contributed by atoms with Gasteiger partial charge in [0.15, 0.2) is 0 Å². The van der Waals surface area contributed by atoms with Gasteiger partial charge >= 0.3 is 0 Å². The summed E-state index contributed by atoms with van der Waals surface area (Å²) < 4.78 is 26.9. The summed E-state index contributed by atoms with van der Waals surface area (Å²) in [5.74, 6) is 0. The molecule has 0 fully saturated rings. The van der Waals surface area contributed by atoms with E-state index in [1.54, 1.807) is 38.1 Å². The van der Waals surface area contributed by atoms with Crippen LogP contribution in [0.15, 0.2) is 29.2 Å². The Balaban J connectivity index is 2.34. The zero-order valence-corrected chi connectivity index (χ0v) is 11.2. The quantitative estimate of drug-likeness (QED) is 0.891. The highest BCUT2D eigenvalue weighted by Crippen LogP contribution is 2.20. The van der Waals surface area contributed by atoms with E-state index >= 15 is 0 Å².